The Hall–Kier alpha value is -1.71. The van der Waals surface area contributed by atoms with Gasteiger partial charge in [0.15, 0.2) is 5.82 Å². The first-order valence-corrected chi connectivity index (χ1v) is 4.77. The smallest absolute Gasteiger partial charge is 0.226 e. The fourth-order valence-corrected chi connectivity index (χ4v) is 1.34. The number of aryl methyl sites for hydroxylation is 3. The molecule has 0 saturated carbocycles. The van der Waals surface area contributed by atoms with Crippen molar-refractivity contribution in [3.8, 4) is 0 Å². The number of halogens is 1. The summed E-state index contributed by atoms with van der Waals surface area (Å²) >= 11 is 0. The highest BCUT2D eigenvalue weighted by Crippen LogP contribution is 2.07. The summed E-state index contributed by atoms with van der Waals surface area (Å²) in [5, 5.41) is 3.70. The van der Waals surface area contributed by atoms with E-state index >= 15 is 0 Å². The van der Waals surface area contributed by atoms with Crippen LogP contribution in [0.25, 0.3) is 0 Å². The quantitative estimate of drug-likeness (QED) is 0.773. The van der Waals surface area contributed by atoms with Gasteiger partial charge in [-0.2, -0.15) is 4.98 Å². The Morgan fingerprint density at radius 1 is 1.20 bits per heavy atom. The van der Waals surface area contributed by atoms with Gasteiger partial charge in [0.1, 0.15) is 5.82 Å². The minimum Gasteiger partial charge on any atom is -0.339 e. The molecule has 0 fully saturated rings. The third kappa shape index (κ3) is 2.62. The van der Waals surface area contributed by atoms with Gasteiger partial charge in [-0.1, -0.05) is 17.3 Å². The number of rotatable bonds is 3. The van der Waals surface area contributed by atoms with Crippen LogP contribution < -0.4 is 0 Å². The van der Waals surface area contributed by atoms with Crippen molar-refractivity contribution in [3.63, 3.8) is 0 Å². The average molecular weight is 206 g/mol. The molecule has 0 amide bonds. The lowest BCUT2D eigenvalue weighted by atomic mass is 10.1. The Bertz CT molecular complexity index is 436. The van der Waals surface area contributed by atoms with Gasteiger partial charge >= 0.3 is 0 Å². The molecule has 0 aliphatic carbocycles. The Labute approximate surface area is 86.9 Å². The lowest BCUT2D eigenvalue weighted by Crippen LogP contribution is -1.91. The molecule has 2 aromatic rings. The van der Waals surface area contributed by atoms with Crippen molar-refractivity contribution in [1.29, 1.82) is 0 Å². The Kier molecular flexibility index (Phi) is 2.76. The molecule has 3 nitrogen and oxygen atoms in total. The zero-order chi connectivity index (χ0) is 10.7. The summed E-state index contributed by atoms with van der Waals surface area (Å²) in [6, 6.07) is 6.43. The summed E-state index contributed by atoms with van der Waals surface area (Å²) in [5.41, 5.74) is 1.06. The summed E-state index contributed by atoms with van der Waals surface area (Å²) in [6.45, 7) is 1.78. The van der Waals surface area contributed by atoms with Gasteiger partial charge in [-0.3, -0.25) is 0 Å². The number of nitrogens with zero attached hydrogens (tertiary/aromatic N) is 2. The Morgan fingerprint density at radius 3 is 2.53 bits per heavy atom. The number of benzene rings is 1. The molecular weight excluding hydrogens is 195 g/mol. The molecule has 15 heavy (non-hydrogen) atoms. The second-order valence-electron chi connectivity index (χ2n) is 3.36. The van der Waals surface area contributed by atoms with Crippen LogP contribution in [0.5, 0.6) is 0 Å². The van der Waals surface area contributed by atoms with E-state index in [1.807, 2.05) is 0 Å². The summed E-state index contributed by atoms with van der Waals surface area (Å²) in [7, 11) is 0. The van der Waals surface area contributed by atoms with E-state index in [1.165, 1.54) is 12.1 Å². The lowest BCUT2D eigenvalue weighted by molar-refractivity contribution is 0.374. The van der Waals surface area contributed by atoms with E-state index < -0.39 is 0 Å². The third-order valence-electron chi connectivity index (χ3n) is 2.11. The molecule has 78 valence electrons. The Balaban J connectivity index is 1.96. The van der Waals surface area contributed by atoms with Gasteiger partial charge in [0.05, 0.1) is 0 Å². The van der Waals surface area contributed by atoms with E-state index in [1.54, 1.807) is 19.1 Å². The van der Waals surface area contributed by atoms with Crippen LogP contribution in [0.2, 0.25) is 0 Å². The molecule has 0 bridgehead atoms. The van der Waals surface area contributed by atoms with Crippen molar-refractivity contribution in [2.24, 2.45) is 0 Å². The molecule has 1 aromatic carbocycles. The summed E-state index contributed by atoms with van der Waals surface area (Å²) < 4.78 is 17.6. The van der Waals surface area contributed by atoms with Crippen molar-refractivity contribution in [2.45, 2.75) is 19.8 Å². The molecular formula is C11H11FN2O. The predicted octanol–water partition coefficient (Wildman–Crippen LogP) is 2.30. The Morgan fingerprint density at radius 2 is 1.93 bits per heavy atom. The topological polar surface area (TPSA) is 38.9 Å². The average Bonchev–Trinajstić information content (AvgIpc) is 2.64. The van der Waals surface area contributed by atoms with Gasteiger partial charge in [0.25, 0.3) is 0 Å². The third-order valence-corrected chi connectivity index (χ3v) is 2.11. The molecule has 2 rings (SSSR count). The second-order valence-corrected chi connectivity index (χ2v) is 3.36. The molecule has 1 heterocycles. The van der Waals surface area contributed by atoms with Crippen LogP contribution in [-0.2, 0) is 12.8 Å². The van der Waals surface area contributed by atoms with E-state index in [0.717, 1.165) is 12.0 Å². The zero-order valence-electron chi connectivity index (χ0n) is 8.40. The largest absolute Gasteiger partial charge is 0.339 e. The van der Waals surface area contributed by atoms with Crippen molar-refractivity contribution >= 4 is 0 Å². The second kappa shape index (κ2) is 4.21. The molecule has 0 saturated heterocycles. The monoisotopic (exact) mass is 206 g/mol. The van der Waals surface area contributed by atoms with Gasteiger partial charge in [-0.05, 0) is 31.0 Å². The molecule has 0 N–H and O–H groups in total. The fourth-order valence-electron chi connectivity index (χ4n) is 1.34. The first-order chi connectivity index (χ1) is 7.24. The fraction of sp³-hybridized carbons (Fsp3) is 0.273. The zero-order valence-corrected chi connectivity index (χ0v) is 8.40. The van der Waals surface area contributed by atoms with E-state index in [4.69, 9.17) is 4.52 Å². The highest BCUT2D eigenvalue weighted by Gasteiger charge is 2.02. The maximum atomic E-state index is 12.6. The lowest BCUT2D eigenvalue weighted by Gasteiger charge is -1.97. The minimum absolute atomic E-state index is 0.215. The van der Waals surface area contributed by atoms with Crippen molar-refractivity contribution in [1.82, 2.24) is 10.1 Å². The maximum Gasteiger partial charge on any atom is 0.226 e. The molecule has 0 aliphatic heterocycles. The molecule has 0 radical (unpaired) electrons. The van der Waals surface area contributed by atoms with Crippen LogP contribution >= 0.6 is 0 Å². The van der Waals surface area contributed by atoms with Crippen LogP contribution in [0.1, 0.15) is 17.3 Å². The van der Waals surface area contributed by atoms with Crippen LogP contribution in [0.15, 0.2) is 28.8 Å². The molecule has 0 aliphatic rings. The van der Waals surface area contributed by atoms with E-state index in [9.17, 15) is 4.39 Å². The normalized spacial score (nSPS) is 10.5. The van der Waals surface area contributed by atoms with Gasteiger partial charge in [-0.25, -0.2) is 4.39 Å². The van der Waals surface area contributed by atoms with Gasteiger partial charge < -0.3 is 4.52 Å². The predicted molar refractivity (Wildman–Crippen MR) is 52.8 cm³/mol. The van der Waals surface area contributed by atoms with Gasteiger partial charge in [0, 0.05) is 6.42 Å². The molecule has 0 unspecified atom stereocenters. The van der Waals surface area contributed by atoms with Crippen LogP contribution in [0.4, 0.5) is 4.39 Å². The number of aromatic nitrogens is 2. The highest BCUT2D eigenvalue weighted by atomic mass is 19.1. The maximum absolute atomic E-state index is 12.6. The van der Waals surface area contributed by atoms with Crippen LogP contribution in [0, 0.1) is 12.7 Å². The SMILES string of the molecule is Cc1noc(CCc2ccc(F)cc2)n1. The van der Waals surface area contributed by atoms with E-state index in [-0.39, 0.29) is 5.82 Å². The molecule has 4 heteroatoms. The number of hydrogen-bond acceptors (Lipinski definition) is 3. The minimum atomic E-state index is -0.215. The summed E-state index contributed by atoms with van der Waals surface area (Å²) in [5.74, 6) is 1.05. The number of hydrogen-bond donors (Lipinski definition) is 0. The summed E-state index contributed by atoms with van der Waals surface area (Å²) in [6.07, 6.45) is 1.47. The molecule has 1 aromatic heterocycles. The first kappa shape index (κ1) is 9.83. The molecule has 0 atom stereocenters. The van der Waals surface area contributed by atoms with Gasteiger partial charge in [-0.15, -0.1) is 0 Å². The van der Waals surface area contributed by atoms with Crippen LogP contribution in [-0.4, -0.2) is 10.1 Å². The summed E-state index contributed by atoms with van der Waals surface area (Å²) in [4.78, 5) is 4.09. The first-order valence-electron chi connectivity index (χ1n) is 4.77. The van der Waals surface area contributed by atoms with Crippen molar-refractivity contribution in [3.05, 3.63) is 47.4 Å². The van der Waals surface area contributed by atoms with E-state index in [0.29, 0.717) is 18.1 Å². The standard InChI is InChI=1S/C11H11FN2O/c1-8-13-11(15-14-8)7-4-9-2-5-10(12)6-3-9/h2-3,5-6H,4,7H2,1H3. The highest BCUT2D eigenvalue weighted by molar-refractivity contribution is 5.16. The van der Waals surface area contributed by atoms with Gasteiger partial charge in [0.2, 0.25) is 5.89 Å². The van der Waals surface area contributed by atoms with Crippen molar-refractivity contribution < 1.29 is 8.91 Å². The van der Waals surface area contributed by atoms with Crippen LogP contribution in [0.3, 0.4) is 0 Å². The molecule has 0 spiro atoms. The van der Waals surface area contributed by atoms with E-state index in [2.05, 4.69) is 10.1 Å². The van der Waals surface area contributed by atoms with Crippen molar-refractivity contribution in [2.75, 3.05) is 0 Å².